The van der Waals surface area contributed by atoms with Gasteiger partial charge < -0.3 is 14.2 Å². The van der Waals surface area contributed by atoms with Crippen molar-refractivity contribution in [1.82, 2.24) is 0 Å². The SMILES string of the molecule is C=CCCOCCOCCOC. The topological polar surface area (TPSA) is 27.7 Å². The summed E-state index contributed by atoms with van der Waals surface area (Å²) in [6.07, 6.45) is 2.74. The lowest BCUT2D eigenvalue weighted by Gasteiger charge is -2.03. The summed E-state index contributed by atoms with van der Waals surface area (Å²) in [4.78, 5) is 0. The average Bonchev–Trinajstić information content (AvgIpc) is 2.10. The largest absolute Gasteiger partial charge is 0.382 e. The molecule has 0 saturated carbocycles. The molecule has 0 aromatic heterocycles. The molecule has 72 valence electrons. The van der Waals surface area contributed by atoms with Crippen LogP contribution < -0.4 is 0 Å². The molecule has 12 heavy (non-hydrogen) atoms. The lowest BCUT2D eigenvalue weighted by Crippen LogP contribution is -2.08. The minimum Gasteiger partial charge on any atom is -0.382 e. The highest BCUT2D eigenvalue weighted by molar-refractivity contribution is 4.64. The van der Waals surface area contributed by atoms with Gasteiger partial charge in [-0.3, -0.25) is 0 Å². The molecule has 0 heterocycles. The highest BCUT2D eigenvalue weighted by Crippen LogP contribution is 1.83. The summed E-state index contributed by atoms with van der Waals surface area (Å²) < 4.78 is 15.2. The van der Waals surface area contributed by atoms with Crippen LogP contribution in [0.2, 0.25) is 0 Å². The fourth-order valence-corrected chi connectivity index (χ4v) is 0.631. The van der Waals surface area contributed by atoms with Gasteiger partial charge in [-0.1, -0.05) is 6.08 Å². The van der Waals surface area contributed by atoms with Crippen molar-refractivity contribution in [1.29, 1.82) is 0 Å². The fraction of sp³-hybridized carbons (Fsp3) is 0.778. The van der Waals surface area contributed by atoms with Crippen molar-refractivity contribution in [2.75, 3.05) is 40.1 Å². The smallest absolute Gasteiger partial charge is 0.0701 e. The van der Waals surface area contributed by atoms with Crippen LogP contribution in [0.1, 0.15) is 6.42 Å². The summed E-state index contributed by atoms with van der Waals surface area (Å²) >= 11 is 0. The van der Waals surface area contributed by atoms with Crippen molar-refractivity contribution >= 4 is 0 Å². The van der Waals surface area contributed by atoms with E-state index in [9.17, 15) is 0 Å². The second-order valence-corrected chi connectivity index (χ2v) is 2.29. The van der Waals surface area contributed by atoms with Crippen molar-refractivity contribution in [3.8, 4) is 0 Å². The molecule has 0 fully saturated rings. The molecule has 0 rings (SSSR count). The third-order valence-electron chi connectivity index (χ3n) is 1.27. The maximum Gasteiger partial charge on any atom is 0.0701 e. The molecule has 0 aliphatic rings. The number of methoxy groups -OCH3 is 1. The van der Waals surface area contributed by atoms with E-state index >= 15 is 0 Å². The van der Waals surface area contributed by atoms with E-state index in [-0.39, 0.29) is 0 Å². The van der Waals surface area contributed by atoms with Crippen LogP contribution in [0.5, 0.6) is 0 Å². The Morgan fingerprint density at radius 2 is 1.58 bits per heavy atom. The third kappa shape index (κ3) is 9.62. The first kappa shape index (κ1) is 11.6. The van der Waals surface area contributed by atoms with E-state index in [1.807, 2.05) is 6.08 Å². The van der Waals surface area contributed by atoms with Gasteiger partial charge in [-0.2, -0.15) is 0 Å². The molecule has 0 unspecified atom stereocenters. The quantitative estimate of drug-likeness (QED) is 0.389. The van der Waals surface area contributed by atoms with E-state index in [4.69, 9.17) is 14.2 Å². The predicted molar refractivity (Wildman–Crippen MR) is 48.3 cm³/mol. The Morgan fingerprint density at radius 3 is 2.17 bits per heavy atom. The van der Waals surface area contributed by atoms with E-state index in [0.717, 1.165) is 13.0 Å². The number of rotatable bonds is 9. The van der Waals surface area contributed by atoms with Gasteiger partial charge in [-0.15, -0.1) is 6.58 Å². The van der Waals surface area contributed by atoms with E-state index in [1.54, 1.807) is 7.11 Å². The van der Waals surface area contributed by atoms with Crippen LogP contribution in [0.15, 0.2) is 12.7 Å². The van der Waals surface area contributed by atoms with E-state index in [1.165, 1.54) is 0 Å². The van der Waals surface area contributed by atoms with Gasteiger partial charge in [0.15, 0.2) is 0 Å². The molecule has 0 aromatic carbocycles. The van der Waals surface area contributed by atoms with Gasteiger partial charge in [0.1, 0.15) is 0 Å². The van der Waals surface area contributed by atoms with Gasteiger partial charge in [0.2, 0.25) is 0 Å². The van der Waals surface area contributed by atoms with Crippen LogP contribution in [0, 0.1) is 0 Å². The first-order valence-electron chi connectivity index (χ1n) is 4.17. The summed E-state index contributed by atoms with van der Waals surface area (Å²) in [5.41, 5.74) is 0. The van der Waals surface area contributed by atoms with Crippen LogP contribution >= 0.6 is 0 Å². The maximum absolute atomic E-state index is 5.22. The molecule has 0 bridgehead atoms. The second-order valence-electron chi connectivity index (χ2n) is 2.29. The first-order chi connectivity index (χ1) is 5.91. The van der Waals surface area contributed by atoms with Crippen LogP contribution in [-0.4, -0.2) is 40.1 Å². The first-order valence-corrected chi connectivity index (χ1v) is 4.17. The van der Waals surface area contributed by atoms with Crippen molar-refractivity contribution in [2.24, 2.45) is 0 Å². The van der Waals surface area contributed by atoms with Gasteiger partial charge in [-0.05, 0) is 6.42 Å². The lowest BCUT2D eigenvalue weighted by molar-refractivity contribution is 0.0259. The van der Waals surface area contributed by atoms with Gasteiger partial charge in [0.05, 0.1) is 33.0 Å². The van der Waals surface area contributed by atoms with Crippen molar-refractivity contribution in [2.45, 2.75) is 6.42 Å². The zero-order valence-corrected chi connectivity index (χ0v) is 7.75. The van der Waals surface area contributed by atoms with Crippen molar-refractivity contribution in [3.63, 3.8) is 0 Å². The minimum atomic E-state index is 0.639. The maximum atomic E-state index is 5.22. The van der Waals surface area contributed by atoms with Crippen molar-refractivity contribution < 1.29 is 14.2 Å². The summed E-state index contributed by atoms with van der Waals surface area (Å²) in [6, 6.07) is 0. The summed E-state index contributed by atoms with van der Waals surface area (Å²) in [5.74, 6) is 0. The molecule has 0 saturated heterocycles. The monoisotopic (exact) mass is 174 g/mol. The fourth-order valence-electron chi connectivity index (χ4n) is 0.631. The predicted octanol–water partition coefficient (Wildman–Crippen LogP) is 1.24. The van der Waals surface area contributed by atoms with Crippen LogP contribution in [0.4, 0.5) is 0 Å². The Bertz CT molecular complexity index is 93.8. The third-order valence-corrected chi connectivity index (χ3v) is 1.27. The molecule has 3 nitrogen and oxygen atoms in total. The molecule has 3 heteroatoms. The highest BCUT2D eigenvalue weighted by Gasteiger charge is 1.88. The van der Waals surface area contributed by atoms with Crippen LogP contribution in [0.3, 0.4) is 0 Å². The molecule has 0 aromatic rings. The normalized spacial score (nSPS) is 10.1. The van der Waals surface area contributed by atoms with Crippen LogP contribution in [0.25, 0.3) is 0 Å². The molecule has 0 aliphatic heterocycles. The van der Waals surface area contributed by atoms with E-state index in [2.05, 4.69) is 6.58 Å². The van der Waals surface area contributed by atoms with Gasteiger partial charge in [0.25, 0.3) is 0 Å². The molecule has 0 radical (unpaired) electrons. The molecule has 0 spiro atoms. The van der Waals surface area contributed by atoms with Gasteiger partial charge >= 0.3 is 0 Å². The average molecular weight is 174 g/mol. The summed E-state index contributed by atoms with van der Waals surface area (Å²) in [6.45, 7) is 6.90. The summed E-state index contributed by atoms with van der Waals surface area (Å²) in [7, 11) is 1.66. The standard InChI is InChI=1S/C9H18O3/c1-3-4-5-11-8-9-12-7-6-10-2/h3H,1,4-9H2,2H3. The zero-order valence-electron chi connectivity index (χ0n) is 7.75. The number of hydrogen-bond donors (Lipinski definition) is 0. The molecule has 0 amide bonds. The second kappa shape index (κ2) is 10.6. The summed E-state index contributed by atoms with van der Waals surface area (Å²) in [5, 5.41) is 0. The Labute approximate surface area is 74.3 Å². The molecule has 0 aliphatic carbocycles. The Balaban J connectivity index is 2.77. The Hall–Kier alpha value is -0.380. The van der Waals surface area contributed by atoms with E-state index in [0.29, 0.717) is 26.4 Å². The minimum absolute atomic E-state index is 0.639. The number of ether oxygens (including phenoxy) is 3. The Morgan fingerprint density at radius 1 is 1.00 bits per heavy atom. The molecular weight excluding hydrogens is 156 g/mol. The zero-order chi connectivity index (χ0) is 9.07. The van der Waals surface area contributed by atoms with Gasteiger partial charge in [-0.25, -0.2) is 0 Å². The molecular formula is C9H18O3. The van der Waals surface area contributed by atoms with Crippen LogP contribution in [-0.2, 0) is 14.2 Å². The van der Waals surface area contributed by atoms with Gasteiger partial charge in [0, 0.05) is 7.11 Å². The lowest BCUT2D eigenvalue weighted by atomic mass is 10.5. The van der Waals surface area contributed by atoms with Crippen molar-refractivity contribution in [3.05, 3.63) is 12.7 Å². The van der Waals surface area contributed by atoms with E-state index < -0.39 is 0 Å². The molecule has 0 atom stereocenters. The number of hydrogen-bond acceptors (Lipinski definition) is 3. The molecule has 0 N–H and O–H groups in total. The highest BCUT2D eigenvalue weighted by atomic mass is 16.5. The Kier molecular flexibility index (Phi) is 10.3.